The minimum Gasteiger partial charge on any atom is -0.478 e. The van der Waals surface area contributed by atoms with E-state index in [1.165, 1.54) is 31.0 Å². The summed E-state index contributed by atoms with van der Waals surface area (Å²) in [4.78, 5) is 25.7. The Morgan fingerprint density at radius 1 is 0.750 bits per heavy atom. The Balaban J connectivity index is 0.962. The summed E-state index contributed by atoms with van der Waals surface area (Å²) < 4.78 is 13.2. The summed E-state index contributed by atoms with van der Waals surface area (Å²) in [6.07, 6.45) is 6.91. The van der Waals surface area contributed by atoms with Crippen molar-refractivity contribution in [1.82, 2.24) is 10.6 Å². The lowest BCUT2D eigenvalue weighted by atomic mass is 9.53. The van der Waals surface area contributed by atoms with Gasteiger partial charge in [0.05, 0.1) is 24.4 Å². The molecule has 1 aliphatic heterocycles. The van der Waals surface area contributed by atoms with Crippen molar-refractivity contribution in [3.63, 3.8) is 0 Å². The van der Waals surface area contributed by atoms with E-state index in [-0.39, 0.29) is 35.9 Å². The number of hydrogen-bond donors (Lipinski definition) is 4. The molecule has 2 amide bonds. The van der Waals surface area contributed by atoms with Gasteiger partial charge in [-0.05, 0) is 108 Å². The van der Waals surface area contributed by atoms with E-state index in [2.05, 4.69) is 34.9 Å². The molecule has 4 bridgehead atoms. The molecule has 4 N–H and O–H groups in total. The zero-order valence-corrected chi connectivity index (χ0v) is 30.0. The zero-order chi connectivity index (χ0) is 35.7. The van der Waals surface area contributed by atoms with Crippen LogP contribution in [0.2, 0.25) is 0 Å². The highest BCUT2D eigenvalue weighted by Crippen LogP contribution is 2.55. The van der Waals surface area contributed by atoms with Gasteiger partial charge in [-0.1, -0.05) is 72.8 Å². The number of aromatic carboxylic acids is 1. The lowest BCUT2D eigenvalue weighted by Gasteiger charge is -2.56. The molecule has 5 aliphatic rings. The van der Waals surface area contributed by atoms with Gasteiger partial charge in [0.25, 0.3) is 0 Å². The Kier molecular flexibility index (Phi) is 10.1. The highest BCUT2D eigenvalue weighted by atomic mass is 32.2. The molecule has 0 aromatic heterocycles. The van der Waals surface area contributed by atoms with Gasteiger partial charge >= 0.3 is 12.0 Å². The van der Waals surface area contributed by atoms with Crippen LogP contribution in [0.25, 0.3) is 11.1 Å². The normalized spacial score (nSPS) is 27.6. The fourth-order valence-corrected chi connectivity index (χ4v) is 10.5. The molecule has 4 aliphatic carbocycles. The minimum atomic E-state index is -0.951. The van der Waals surface area contributed by atoms with Crippen LogP contribution in [0.1, 0.15) is 90.0 Å². The number of thioether (sulfide) groups is 1. The Morgan fingerprint density at radius 3 is 2.15 bits per heavy atom. The van der Waals surface area contributed by atoms with Crippen LogP contribution in [-0.4, -0.2) is 39.6 Å². The molecule has 0 spiro atoms. The van der Waals surface area contributed by atoms with E-state index in [0.717, 1.165) is 70.4 Å². The smallest absolute Gasteiger partial charge is 0.336 e. The molecule has 5 fully saturated rings. The third kappa shape index (κ3) is 7.78. The summed E-state index contributed by atoms with van der Waals surface area (Å²) in [5.74, 6) is 1.94. The molecule has 0 radical (unpaired) electrons. The van der Waals surface area contributed by atoms with E-state index in [0.29, 0.717) is 23.6 Å². The van der Waals surface area contributed by atoms with Crippen LogP contribution in [0.3, 0.4) is 0 Å². The van der Waals surface area contributed by atoms with E-state index in [4.69, 9.17) is 9.47 Å². The monoisotopic (exact) mass is 718 g/mol. The topological polar surface area (TPSA) is 117 Å². The third-order valence-corrected chi connectivity index (χ3v) is 12.7. The van der Waals surface area contributed by atoms with Crippen LogP contribution in [0.5, 0.6) is 0 Å². The molecule has 4 saturated carbocycles. The number of nitrogens with one attached hydrogen (secondary N) is 2. The summed E-state index contributed by atoms with van der Waals surface area (Å²) >= 11 is 1.48. The lowest BCUT2D eigenvalue weighted by molar-refractivity contribution is -0.245. The second-order valence-corrected chi connectivity index (χ2v) is 16.4. The summed E-state index contributed by atoms with van der Waals surface area (Å²) in [7, 11) is 0. The van der Waals surface area contributed by atoms with Crippen molar-refractivity contribution >= 4 is 23.8 Å². The van der Waals surface area contributed by atoms with E-state index >= 15 is 0 Å². The van der Waals surface area contributed by atoms with Gasteiger partial charge in [-0.3, -0.25) is 0 Å². The lowest BCUT2D eigenvalue weighted by Crippen LogP contribution is -2.61. The van der Waals surface area contributed by atoms with Gasteiger partial charge in [0.1, 0.15) is 0 Å². The number of aliphatic hydroxyl groups is 1. The van der Waals surface area contributed by atoms with Crippen molar-refractivity contribution in [3.8, 4) is 11.1 Å². The number of urea groups is 1. The largest absolute Gasteiger partial charge is 0.478 e. The molecule has 52 heavy (non-hydrogen) atoms. The maximum Gasteiger partial charge on any atom is 0.336 e. The minimum absolute atomic E-state index is 0.0209. The number of carbonyl (C=O) groups excluding carboxylic acids is 1. The number of amides is 2. The Labute approximate surface area is 309 Å². The Bertz CT molecular complexity index is 1880. The first-order valence-corrected chi connectivity index (χ1v) is 19.5. The predicted octanol–water partition coefficient (Wildman–Crippen LogP) is 8.65. The molecule has 9 heteroatoms. The third-order valence-electron chi connectivity index (χ3n) is 11.4. The van der Waals surface area contributed by atoms with Crippen LogP contribution in [0, 0.1) is 17.8 Å². The Hall–Kier alpha value is -4.15. The molecule has 4 aromatic rings. The summed E-state index contributed by atoms with van der Waals surface area (Å²) in [5.41, 5.74) is 6.04. The van der Waals surface area contributed by atoms with Crippen molar-refractivity contribution in [3.05, 3.63) is 125 Å². The van der Waals surface area contributed by atoms with Crippen LogP contribution >= 0.6 is 11.8 Å². The number of carbonyl (C=O) groups is 2. The fraction of sp³-hybridized carbons (Fsp3) is 0.395. The second kappa shape index (κ2) is 15.1. The predicted molar refractivity (Wildman–Crippen MR) is 201 cm³/mol. The van der Waals surface area contributed by atoms with Crippen molar-refractivity contribution in [1.29, 1.82) is 0 Å². The first kappa shape index (κ1) is 34.9. The maximum atomic E-state index is 13.1. The van der Waals surface area contributed by atoms with Crippen molar-refractivity contribution in [2.75, 3.05) is 5.75 Å². The molecule has 3 atom stereocenters. The van der Waals surface area contributed by atoms with Gasteiger partial charge in [0.2, 0.25) is 0 Å². The van der Waals surface area contributed by atoms with Crippen molar-refractivity contribution in [2.24, 2.45) is 17.8 Å². The molecular weight excluding hydrogens is 673 g/mol. The molecule has 1 saturated heterocycles. The molecule has 8 nitrogen and oxygen atoms in total. The van der Waals surface area contributed by atoms with Gasteiger partial charge in [-0.15, -0.1) is 11.8 Å². The van der Waals surface area contributed by atoms with Gasteiger partial charge in [0, 0.05) is 34.7 Å². The van der Waals surface area contributed by atoms with Gasteiger partial charge in [0.15, 0.2) is 6.29 Å². The number of rotatable bonds is 11. The number of aliphatic hydroxyl groups excluding tert-OH is 1. The summed E-state index contributed by atoms with van der Waals surface area (Å²) in [5, 5.41) is 25.9. The molecule has 270 valence electrons. The van der Waals surface area contributed by atoms with E-state index in [1.54, 1.807) is 12.1 Å². The molecule has 0 unspecified atom stereocenters. The number of hydrogen-bond acceptors (Lipinski definition) is 6. The van der Waals surface area contributed by atoms with Gasteiger partial charge in [-0.2, -0.15) is 0 Å². The molecule has 9 rings (SSSR count). The van der Waals surface area contributed by atoms with Crippen LogP contribution in [0.15, 0.2) is 102 Å². The van der Waals surface area contributed by atoms with Crippen LogP contribution in [-0.2, 0) is 22.6 Å². The van der Waals surface area contributed by atoms with E-state index in [1.807, 2.05) is 60.7 Å². The highest BCUT2D eigenvalue weighted by Gasteiger charge is 2.51. The van der Waals surface area contributed by atoms with Crippen molar-refractivity contribution < 1.29 is 29.3 Å². The van der Waals surface area contributed by atoms with E-state index in [9.17, 15) is 19.8 Å². The maximum absolute atomic E-state index is 13.1. The fourth-order valence-electron chi connectivity index (χ4n) is 9.43. The average molecular weight is 719 g/mol. The summed E-state index contributed by atoms with van der Waals surface area (Å²) in [6, 6.07) is 31.2. The van der Waals surface area contributed by atoms with E-state index < -0.39 is 12.3 Å². The number of ether oxygens (including phenoxy) is 2. The number of carboxylic acids is 1. The molecule has 4 aromatic carbocycles. The van der Waals surface area contributed by atoms with Crippen molar-refractivity contribution in [2.45, 2.75) is 87.0 Å². The Morgan fingerprint density at radius 2 is 1.44 bits per heavy atom. The van der Waals surface area contributed by atoms with Crippen LogP contribution in [0.4, 0.5) is 4.79 Å². The van der Waals surface area contributed by atoms with Gasteiger partial charge in [-0.25, -0.2) is 9.59 Å². The first-order chi connectivity index (χ1) is 25.3. The SMILES string of the molecule is O=C(NCc1cccc(-c2cccc([C@H]3O[C@@H](CSc4ccccc4C(=O)O)C[C@@H](c4ccc(CO)cc4)O3)c2)c1)NC12CC3CC(CC(C3)C1)C2. The zero-order valence-electron chi connectivity index (χ0n) is 29.2. The first-order valence-electron chi connectivity index (χ1n) is 18.5. The second-order valence-electron chi connectivity index (χ2n) is 15.3. The highest BCUT2D eigenvalue weighted by molar-refractivity contribution is 7.99. The standard InChI is InChI=1S/C43H46N2O6S/c46-25-27-11-13-32(14-12-27)38-20-36(26-52-39-10-2-1-9-37(39)40(47)48)50-41(51-38)35-8-4-7-34(19-35)33-6-3-5-28(18-33)24-44-42(49)45-43-21-29-15-30(22-43)17-31(16-29)23-43/h1-14,18-19,29-31,36,38,41,46H,15-17,20-26H2,(H,47,48)(H2,44,45,49)/t29?,30?,31?,36-,38+,41+,43?/m1/s1. The number of carboxylic acid groups (broad SMARTS) is 1. The number of benzene rings is 4. The van der Waals surface area contributed by atoms with Crippen LogP contribution < -0.4 is 10.6 Å². The van der Waals surface area contributed by atoms with Gasteiger partial charge < -0.3 is 30.3 Å². The molecule has 1 heterocycles. The molecular formula is C43H46N2O6S. The summed E-state index contributed by atoms with van der Waals surface area (Å²) in [6.45, 7) is 0.417. The quantitative estimate of drug-likeness (QED) is 0.115. The average Bonchev–Trinajstić information content (AvgIpc) is 3.16.